The first-order chi connectivity index (χ1) is 8.29. The second-order valence-corrected chi connectivity index (χ2v) is 5.19. The lowest BCUT2D eigenvalue weighted by Crippen LogP contribution is -2.09. The van der Waals surface area contributed by atoms with E-state index in [0.717, 1.165) is 37.6 Å². The fourth-order valence-corrected chi connectivity index (χ4v) is 2.48. The van der Waals surface area contributed by atoms with Crippen molar-refractivity contribution < 1.29 is 0 Å². The van der Waals surface area contributed by atoms with Crippen LogP contribution in [0.15, 0.2) is 23.7 Å². The zero-order chi connectivity index (χ0) is 12.1. The summed E-state index contributed by atoms with van der Waals surface area (Å²) >= 11 is 1.82. The molecule has 1 N–H and O–H groups in total. The van der Waals surface area contributed by atoms with Gasteiger partial charge in [-0.1, -0.05) is 13.0 Å². The summed E-state index contributed by atoms with van der Waals surface area (Å²) in [6.07, 6.45) is 4.32. The molecule has 17 heavy (non-hydrogen) atoms. The molecular formula is C13H19N3S. The summed E-state index contributed by atoms with van der Waals surface area (Å²) in [7, 11) is 0. The maximum Gasteiger partial charge on any atom is 0.203 e. The third-order valence-electron chi connectivity index (χ3n) is 2.61. The van der Waals surface area contributed by atoms with E-state index in [0.29, 0.717) is 0 Å². The van der Waals surface area contributed by atoms with E-state index in [1.54, 1.807) is 0 Å². The molecule has 4 heteroatoms. The maximum atomic E-state index is 4.50. The molecule has 2 aromatic rings. The summed E-state index contributed by atoms with van der Waals surface area (Å²) in [6, 6.07) is 4.29. The SMILES string of the molecule is CCCNc1nc(C)cn1CCc1cccs1. The molecule has 0 saturated heterocycles. The molecule has 0 radical (unpaired) electrons. The monoisotopic (exact) mass is 249 g/mol. The zero-order valence-corrected chi connectivity index (χ0v) is 11.3. The molecule has 0 aliphatic heterocycles. The van der Waals surface area contributed by atoms with Crippen molar-refractivity contribution in [1.29, 1.82) is 0 Å². The van der Waals surface area contributed by atoms with Crippen LogP contribution in [0.1, 0.15) is 23.9 Å². The van der Waals surface area contributed by atoms with Crippen LogP contribution >= 0.6 is 11.3 Å². The van der Waals surface area contributed by atoms with Gasteiger partial charge in [-0.15, -0.1) is 11.3 Å². The summed E-state index contributed by atoms with van der Waals surface area (Å²) in [5.41, 5.74) is 1.08. The first kappa shape index (κ1) is 12.2. The molecule has 0 amide bonds. The number of aryl methyl sites for hydroxylation is 3. The standard InChI is InChI=1S/C13H19N3S/c1-3-7-14-13-15-11(2)10-16(13)8-6-12-5-4-9-17-12/h4-5,9-10H,3,6-8H2,1-2H3,(H,14,15). The number of aromatic nitrogens is 2. The highest BCUT2D eigenvalue weighted by Gasteiger charge is 2.04. The van der Waals surface area contributed by atoms with Crippen molar-refractivity contribution in [3.8, 4) is 0 Å². The van der Waals surface area contributed by atoms with Gasteiger partial charge < -0.3 is 9.88 Å². The van der Waals surface area contributed by atoms with Crippen LogP contribution in [-0.2, 0) is 13.0 Å². The summed E-state index contributed by atoms with van der Waals surface area (Å²) < 4.78 is 2.21. The van der Waals surface area contributed by atoms with Gasteiger partial charge in [0.2, 0.25) is 5.95 Å². The van der Waals surface area contributed by atoms with Crippen molar-refractivity contribution in [3.63, 3.8) is 0 Å². The van der Waals surface area contributed by atoms with Crippen molar-refractivity contribution in [2.45, 2.75) is 33.2 Å². The topological polar surface area (TPSA) is 29.9 Å². The van der Waals surface area contributed by atoms with E-state index in [1.165, 1.54) is 4.88 Å². The summed E-state index contributed by atoms with van der Waals surface area (Å²) in [5, 5.41) is 5.50. The number of anilines is 1. The van der Waals surface area contributed by atoms with Gasteiger partial charge in [-0.3, -0.25) is 0 Å². The highest BCUT2D eigenvalue weighted by Crippen LogP contribution is 2.13. The Hall–Kier alpha value is -1.29. The van der Waals surface area contributed by atoms with Crippen LogP contribution in [0.3, 0.4) is 0 Å². The van der Waals surface area contributed by atoms with Gasteiger partial charge in [0.25, 0.3) is 0 Å². The second-order valence-electron chi connectivity index (χ2n) is 4.16. The van der Waals surface area contributed by atoms with Gasteiger partial charge in [-0.25, -0.2) is 4.98 Å². The molecule has 0 saturated carbocycles. The van der Waals surface area contributed by atoms with Crippen molar-refractivity contribution in [3.05, 3.63) is 34.3 Å². The van der Waals surface area contributed by atoms with Gasteiger partial charge >= 0.3 is 0 Å². The third kappa shape index (κ3) is 3.33. The summed E-state index contributed by atoms with van der Waals surface area (Å²) in [5.74, 6) is 1.00. The number of rotatable bonds is 6. The van der Waals surface area contributed by atoms with E-state index in [2.05, 4.69) is 45.5 Å². The molecule has 2 aromatic heterocycles. The summed E-state index contributed by atoms with van der Waals surface area (Å²) in [6.45, 7) is 6.18. The van der Waals surface area contributed by atoms with E-state index in [-0.39, 0.29) is 0 Å². The molecule has 3 nitrogen and oxygen atoms in total. The average Bonchev–Trinajstić information content (AvgIpc) is 2.93. The first-order valence-electron chi connectivity index (χ1n) is 6.09. The van der Waals surface area contributed by atoms with Crippen molar-refractivity contribution in [2.24, 2.45) is 0 Å². The quantitative estimate of drug-likeness (QED) is 0.851. The molecular weight excluding hydrogens is 230 g/mol. The molecule has 0 atom stereocenters. The number of hydrogen-bond donors (Lipinski definition) is 1. The molecule has 0 spiro atoms. The van der Waals surface area contributed by atoms with Gasteiger partial charge in [0.05, 0.1) is 5.69 Å². The molecule has 0 bridgehead atoms. The van der Waals surface area contributed by atoms with E-state index < -0.39 is 0 Å². The predicted octanol–water partition coefficient (Wildman–Crippen LogP) is 3.32. The van der Waals surface area contributed by atoms with Crippen LogP contribution in [0.2, 0.25) is 0 Å². The lowest BCUT2D eigenvalue weighted by Gasteiger charge is -2.08. The Labute approximate surface area is 107 Å². The van der Waals surface area contributed by atoms with E-state index >= 15 is 0 Å². The lowest BCUT2D eigenvalue weighted by atomic mass is 10.3. The summed E-state index contributed by atoms with van der Waals surface area (Å²) in [4.78, 5) is 5.93. The largest absolute Gasteiger partial charge is 0.356 e. The minimum absolute atomic E-state index is 0.982. The van der Waals surface area contributed by atoms with Crippen LogP contribution in [0.25, 0.3) is 0 Å². The molecule has 2 rings (SSSR count). The molecule has 92 valence electrons. The van der Waals surface area contributed by atoms with Gasteiger partial charge in [0, 0.05) is 24.2 Å². The minimum atomic E-state index is 0.982. The van der Waals surface area contributed by atoms with Gasteiger partial charge in [-0.05, 0) is 31.2 Å². The van der Waals surface area contributed by atoms with Crippen LogP contribution in [-0.4, -0.2) is 16.1 Å². The Kier molecular flexibility index (Phi) is 4.20. The van der Waals surface area contributed by atoms with Gasteiger partial charge in [0.1, 0.15) is 0 Å². The molecule has 0 aliphatic carbocycles. The van der Waals surface area contributed by atoms with E-state index in [4.69, 9.17) is 0 Å². The molecule has 0 unspecified atom stereocenters. The smallest absolute Gasteiger partial charge is 0.203 e. The lowest BCUT2D eigenvalue weighted by molar-refractivity contribution is 0.703. The molecule has 2 heterocycles. The third-order valence-corrected chi connectivity index (χ3v) is 3.55. The Morgan fingerprint density at radius 1 is 1.47 bits per heavy atom. The first-order valence-corrected chi connectivity index (χ1v) is 6.97. The van der Waals surface area contributed by atoms with Crippen molar-refractivity contribution in [1.82, 2.24) is 9.55 Å². The highest BCUT2D eigenvalue weighted by molar-refractivity contribution is 7.09. The predicted molar refractivity (Wildman–Crippen MR) is 73.8 cm³/mol. The highest BCUT2D eigenvalue weighted by atomic mass is 32.1. The van der Waals surface area contributed by atoms with E-state index in [9.17, 15) is 0 Å². The Morgan fingerprint density at radius 2 is 2.35 bits per heavy atom. The fraction of sp³-hybridized carbons (Fsp3) is 0.462. The van der Waals surface area contributed by atoms with Crippen LogP contribution in [0.5, 0.6) is 0 Å². The van der Waals surface area contributed by atoms with Crippen LogP contribution in [0, 0.1) is 6.92 Å². The van der Waals surface area contributed by atoms with E-state index in [1.807, 2.05) is 18.3 Å². The number of imidazole rings is 1. The van der Waals surface area contributed by atoms with Gasteiger partial charge in [-0.2, -0.15) is 0 Å². The minimum Gasteiger partial charge on any atom is -0.356 e. The average molecular weight is 249 g/mol. The number of thiophene rings is 1. The number of nitrogens with one attached hydrogen (secondary N) is 1. The Morgan fingerprint density at radius 3 is 3.06 bits per heavy atom. The number of nitrogens with zero attached hydrogens (tertiary/aromatic N) is 2. The van der Waals surface area contributed by atoms with Crippen LogP contribution < -0.4 is 5.32 Å². The van der Waals surface area contributed by atoms with Crippen molar-refractivity contribution >= 4 is 17.3 Å². The molecule has 0 aliphatic rings. The van der Waals surface area contributed by atoms with Gasteiger partial charge in [0.15, 0.2) is 0 Å². The fourth-order valence-electron chi connectivity index (χ4n) is 1.78. The second kappa shape index (κ2) is 5.87. The number of hydrogen-bond acceptors (Lipinski definition) is 3. The zero-order valence-electron chi connectivity index (χ0n) is 10.4. The Bertz CT molecular complexity index is 445. The van der Waals surface area contributed by atoms with Crippen molar-refractivity contribution in [2.75, 3.05) is 11.9 Å². The molecule has 0 fully saturated rings. The normalized spacial score (nSPS) is 10.7. The maximum absolute atomic E-state index is 4.50. The Balaban J connectivity index is 1.99. The van der Waals surface area contributed by atoms with Crippen LogP contribution in [0.4, 0.5) is 5.95 Å². The molecule has 0 aromatic carbocycles.